The molecule has 21 heavy (non-hydrogen) atoms. The van der Waals surface area contributed by atoms with Crippen molar-refractivity contribution in [3.05, 3.63) is 36.0 Å². The molecule has 1 aromatic heterocycles. The number of hydrogen-bond acceptors (Lipinski definition) is 5. The fourth-order valence-electron chi connectivity index (χ4n) is 1.83. The van der Waals surface area contributed by atoms with Gasteiger partial charge in [-0.3, -0.25) is 9.78 Å². The van der Waals surface area contributed by atoms with Crippen molar-refractivity contribution in [2.45, 2.75) is 17.9 Å². The van der Waals surface area contributed by atoms with Crippen LogP contribution in [0, 0.1) is 6.92 Å². The SMILES string of the molecule is Cc1cnc2c(S(=O)(=O)NCC(O)C(N)=O)cccc2c1. The van der Waals surface area contributed by atoms with Crippen LogP contribution in [0.3, 0.4) is 0 Å². The molecular weight excluding hydrogens is 294 g/mol. The lowest BCUT2D eigenvalue weighted by Gasteiger charge is -2.11. The van der Waals surface area contributed by atoms with E-state index in [1.165, 1.54) is 6.07 Å². The average molecular weight is 309 g/mol. The summed E-state index contributed by atoms with van der Waals surface area (Å²) in [6, 6.07) is 6.58. The van der Waals surface area contributed by atoms with E-state index in [4.69, 9.17) is 5.73 Å². The number of aliphatic hydroxyl groups excluding tert-OH is 1. The summed E-state index contributed by atoms with van der Waals surface area (Å²) < 4.78 is 26.6. The molecule has 7 nitrogen and oxygen atoms in total. The number of nitrogens with two attached hydrogens (primary N) is 1. The van der Waals surface area contributed by atoms with E-state index in [-0.39, 0.29) is 4.90 Å². The second-order valence-corrected chi connectivity index (χ2v) is 6.35. The Hall–Kier alpha value is -2.03. The second kappa shape index (κ2) is 5.76. The molecule has 8 heteroatoms. The minimum atomic E-state index is -3.91. The van der Waals surface area contributed by atoms with Crippen LogP contribution < -0.4 is 10.5 Å². The van der Waals surface area contributed by atoms with Gasteiger partial charge < -0.3 is 10.8 Å². The number of fused-ring (bicyclic) bond motifs is 1. The third kappa shape index (κ3) is 3.35. The van der Waals surface area contributed by atoms with Gasteiger partial charge in [0.05, 0.1) is 5.52 Å². The molecule has 0 radical (unpaired) electrons. The van der Waals surface area contributed by atoms with Crippen molar-refractivity contribution in [1.82, 2.24) is 9.71 Å². The molecule has 4 N–H and O–H groups in total. The first kappa shape index (κ1) is 15.4. The quantitative estimate of drug-likeness (QED) is 0.698. The fourth-order valence-corrected chi connectivity index (χ4v) is 3.04. The van der Waals surface area contributed by atoms with Crippen molar-refractivity contribution >= 4 is 26.8 Å². The van der Waals surface area contributed by atoms with Crippen molar-refractivity contribution in [3.8, 4) is 0 Å². The van der Waals surface area contributed by atoms with Crippen LogP contribution in [0.1, 0.15) is 5.56 Å². The lowest BCUT2D eigenvalue weighted by molar-refractivity contribution is -0.125. The summed E-state index contributed by atoms with van der Waals surface area (Å²) in [5.41, 5.74) is 6.11. The number of carbonyl (C=O) groups excluding carboxylic acids is 1. The van der Waals surface area contributed by atoms with Crippen LogP contribution in [0.25, 0.3) is 10.9 Å². The number of aliphatic hydroxyl groups is 1. The van der Waals surface area contributed by atoms with Crippen molar-refractivity contribution in [2.24, 2.45) is 5.73 Å². The van der Waals surface area contributed by atoms with Crippen LogP contribution in [0.15, 0.2) is 35.4 Å². The Morgan fingerprint density at radius 3 is 2.86 bits per heavy atom. The topological polar surface area (TPSA) is 122 Å². The van der Waals surface area contributed by atoms with Crippen molar-refractivity contribution < 1.29 is 18.3 Å². The Balaban J connectivity index is 2.38. The minimum absolute atomic E-state index is 0.0170. The first-order valence-electron chi connectivity index (χ1n) is 6.13. The van der Waals surface area contributed by atoms with Crippen LogP contribution in [-0.2, 0) is 14.8 Å². The number of primary amides is 1. The van der Waals surface area contributed by atoms with E-state index in [1.807, 2.05) is 13.0 Å². The number of amides is 1. The predicted molar refractivity (Wildman–Crippen MR) is 76.9 cm³/mol. The highest BCUT2D eigenvalue weighted by molar-refractivity contribution is 7.89. The largest absolute Gasteiger partial charge is 0.382 e. The highest BCUT2D eigenvalue weighted by atomic mass is 32.2. The highest BCUT2D eigenvalue weighted by Gasteiger charge is 2.21. The standard InChI is InChI=1S/C13H15N3O4S/c1-8-5-9-3-2-4-11(12(9)15-6-8)21(19,20)16-7-10(17)13(14)18/h2-6,10,16-17H,7H2,1H3,(H2,14,18). The number of sulfonamides is 1. The maximum atomic E-state index is 12.2. The molecule has 2 rings (SSSR count). The van der Waals surface area contributed by atoms with E-state index in [1.54, 1.807) is 18.3 Å². The Morgan fingerprint density at radius 1 is 1.48 bits per heavy atom. The predicted octanol–water partition coefficient (Wildman–Crippen LogP) is -0.332. The molecule has 1 atom stereocenters. The first-order valence-corrected chi connectivity index (χ1v) is 7.62. The second-order valence-electron chi connectivity index (χ2n) is 4.61. The van der Waals surface area contributed by atoms with Crippen LogP contribution >= 0.6 is 0 Å². The summed E-state index contributed by atoms with van der Waals surface area (Å²) in [6.45, 7) is 1.37. The molecule has 0 aliphatic carbocycles. The maximum absolute atomic E-state index is 12.2. The zero-order chi connectivity index (χ0) is 15.6. The fraction of sp³-hybridized carbons (Fsp3) is 0.231. The van der Waals surface area contributed by atoms with Crippen LogP contribution in [-0.4, -0.2) is 37.1 Å². The van der Waals surface area contributed by atoms with Gasteiger partial charge in [-0.2, -0.15) is 0 Å². The molecular formula is C13H15N3O4S. The van der Waals surface area contributed by atoms with E-state index in [0.29, 0.717) is 10.9 Å². The third-order valence-electron chi connectivity index (χ3n) is 2.90. The molecule has 1 amide bonds. The molecule has 1 heterocycles. The molecule has 2 aromatic rings. The molecule has 0 bridgehead atoms. The number of aryl methyl sites for hydroxylation is 1. The number of para-hydroxylation sites is 1. The number of benzene rings is 1. The smallest absolute Gasteiger partial charge is 0.247 e. The summed E-state index contributed by atoms with van der Waals surface area (Å²) in [7, 11) is -3.91. The van der Waals surface area contributed by atoms with Gasteiger partial charge in [0.1, 0.15) is 11.0 Å². The summed E-state index contributed by atoms with van der Waals surface area (Å²) >= 11 is 0. The van der Waals surface area contributed by atoms with E-state index in [2.05, 4.69) is 9.71 Å². The molecule has 0 fully saturated rings. The summed E-state index contributed by atoms with van der Waals surface area (Å²) in [4.78, 5) is 14.8. The van der Waals surface area contributed by atoms with Gasteiger partial charge in [-0.1, -0.05) is 12.1 Å². The minimum Gasteiger partial charge on any atom is -0.382 e. The Bertz CT molecular complexity index is 789. The van der Waals surface area contributed by atoms with Gasteiger partial charge in [-0.25, -0.2) is 13.1 Å². The summed E-state index contributed by atoms with van der Waals surface area (Å²) in [6.07, 6.45) is -0.00969. The zero-order valence-electron chi connectivity index (χ0n) is 11.3. The first-order chi connectivity index (χ1) is 9.81. The van der Waals surface area contributed by atoms with Crippen LogP contribution in [0.2, 0.25) is 0 Å². The Kier molecular flexibility index (Phi) is 4.21. The van der Waals surface area contributed by atoms with Gasteiger partial charge in [0.15, 0.2) is 0 Å². The van der Waals surface area contributed by atoms with Gasteiger partial charge in [0, 0.05) is 18.1 Å². The molecule has 0 saturated carbocycles. The van der Waals surface area contributed by atoms with E-state index in [0.717, 1.165) is 5.56 Å². The summed E-state index contributed by atoms with van der Waals surface area (Å²) in [5, 5.41) is 9.96. The number of aromatic nitrogens is 1. The molecule has 0 aliphatic heterocycles. The van der Waals surface area contributed by atoms with Gasteiger partial charge in [0.25, 0.3) is 0 Å². The van der Waals surface area contributed by atoms with Crippen LogP contribution in [0.5, 0.6) is 0 Å². The van der Waals surface area contributed by atoms with Gasteiger partial charge in [0.2, 0.25) is 15.9 Å². The lowest BCUT2D eigenvalue weighted by Crippen LogP contribution is -2.40. The normalized spacial score (nSPS) is 13.2. The van der Waals surface area contributed by atoms with Crippen molar-refractivity contribution in [3.63, 3.8) is 0 Å². The Morgan fingerprint density at radius 2 is 2.19 bits per heavy atom. The summed E-state index contributed by atoms with van der Waals surface area (Å²) in [5.74, 6) is -0.996. The third-order valence-corrected chi connectivity index (χ3v) is 4.35. The zero-order valence-corrected chi connectivity index (χ0v) is 12.1. The number of nitrogens with one attached hydrogen (secondary N) is 1. The molecule has 0 saturated heterocycles. The van der Waals surface area contributed by atoms with Crippen LogP contribution in [0.4, 0.5) is 0 Å². The lowest BCUT2D eigenvalue weighted by atomic mass is 10.2. The van der Waals surface area contributed by atoms with Crippen molar-refractivity contribution in [2.75, 3.05) is 6.54 Å². The number of rotatable bonds is 5. The maximum Gasteiger partial charge on any atom is 0.247 e. The van der Waals surface area contributed by atoms with Gasteiger partial charge in [-0.05, 0) is 24.6 Å². The monoisotopic (exact) mass is 309 g/mol. The molecule has 0 spiro atoms. The number of carbonyl (C=O) groups is 1. The number of pyridine rings is 1. The average Bonchev–Trinajstić information content (AvgIpc) is 2.43. The van der Waals surface area contributed by atoms with Crippen molar-refractivity contribution in [1.29, 1.82) is 0 Å². The number of nitrogens with zero attached hydrogens (tertiary/aromatic N) is 1. The van der Waals surface area contributed by atoms with E-state index < -0.39 is 28.6 Å². The molecule has 112 valence electrons. The molecule has 1 aromatic carbocycles. The van der Waals surface area contributed by atoms with E-state index >= 15 is 0 Å². The molecule has 0 aliphatic rings. The van der Waals surface area contributed by atoms with Gasteiger partial charge in [-0.15, -0.1) is 0 Å². The molecule has 1 unspecified atom stereocenters. The highest BCUT2D eigenvalue weighted by Crippen LogP contribution is 2.21. The number of hydrogen-bond donors (Lipinski definition) is 3. The Labute approximate surface area is 121 Å². The van der Waals surface area contributed by atoms with E-state index in [9.17, 15) is 18.3 Å². The van der Waals surface area contributed by atoms with Gasteiger partial charge >= 0.3 is 0 Å².